The number of ether oxygens (including phenoxy) is 1. The number of nitrogens with one attached hydrogen (secondary N) is 1. The van der Waals surface area contributed by atoms with Crippen molar-refractivity contribution in [3.8, 4) is 5.75 Å². The number of halogens is 2. The Kier molecular flexibility index (Phi) is 7.19. The summed E-state index contributed by atoms with van der Waals surface area (Å²) in [7, 11) is -4.06. The van der Waals surface area contributed by atoms with Gasteiger partial charge >= 0.3 is 0 Å². The highest BCUT2D eigenvalue weighted by molar-refractivity contribution is 7.92. The van der Waals surface area contributed by atoms with Crippen LogP contribution in [0.3, 0.4) is 0 Å². The van der Waals surface area contributed by atoms with Crippen molar-refractivity contribution in [1.82, 2.24) is 5.32 Å². The number of hydrogen-bond donors (Lipinski definition) is 1. The third-order valence-corrected chi connectivity index (χ3v) is 6.03. The molecule has 0 aliphatic rings. The van der Waals surface area contributed by atoms with Gasteiger partial charge in [0.2, 0.25) is 5.91 Å². The Hall–Kier alpha value is -3.46. The fraction of sp³-hybridized carbons (Fsp3) is 0.136. The summed E-state index contributed by atoms with van der Waals surface area (Å²) in [5.74, 6) is -1.04. The second kappa shape index (κ2) is 10.0. The zero-order valence-electron chi connectivity index (χ0n) is 16.4. The highest BCUT2D eigenvalue weighted by Crippen LogP contribution is 2.23. The van der Waals surface area contributed by atoms with Crippen LogP contribution in [0.25, 0.3) is 0 Å². The van der Waals surface area contributed by atoms with Crippen molar-refractivity contribution in [1.29, 1.82) is 0 Å². The molecule has 0 unspecified atom stereocenters. The largest absolute Gasteiger partial charge is 0.492 e. The molecule has 162 valence electrons. The Bertz CT molecular complexity index is 1110. The lowest BCUT2D eigenvalue weighted by Gasteiger charge is -2.24. The van der Waals surface area contributed by atoms with Crippen LogP contribution in [0.15, 0.2) is 83.8 Å². The van der Waals surface area contributed by atoms with Crippen molar-refractivity contribution in [2.45, 2.75) is 4.90 Å². The van der Waals surface area contributed by atoms with Crippen LogP contribution in [0.1, 0.15) is 0 Å². The minimum atomic E-state index is -4.06. The summed E-state index contributed by atoms with van der Waals surface area (Å²) in [6.45, 7) is -0.280. The number of hydrogen-bond acceptors (Lipinski definition) is 4. The summed E-state index contributed by atoms with van der Waals surface area (Å²) in [5.41, 5.74) is 0.156. The predicted molar refractivity (Wildman–Crippen MR) is 112 cm³/mol. The smallest absolute Gasteiger partial charge is 0.264 e. The molecule has 3 rings (SSSR count). The molecule has 0 saturated carbocycles. The van der Waals surface area contributed by atoms with E-state index in [1.807, 2.05) is 0 Å². The molecule has 0 bridgehead atoms. The Morgan fingerprint density at radius 1 is 0.871 bits per heavy atom. The van der Waals surface area contributed by atoms with Crippen LogP contribution in [0, 0.1) is 11.6 Å². The molecule has 0 saturated heterocycles. The van der Waals surface area contributed by atoms with E-state index < -0.39 is 28.3 Å². The molecule has 3 aromatic rings. The summed E-state index contributed by atoms with van der Waals surface area (Å²) < 4.78 is 58.7. The summed E-state index contributed by atoms with van der Waals surface area (Å²) in [4.78, 5) is 12.4. The van der Waals surface area contributed by atoms with Crippen molar-refractivity contribution in [2.75, 3.05) is 24.0 Å². The number of benzene rings is 3. The van der Waals surface area contributed by atoms with Gasteiger partial charge in [0, 0.05) is 0 Å². The molecule has 0 aliphatic heterocycles. The molecule has 31 heavy (non-hydrogen) atoms. The van der Waals surface area contributed by atoms with E-state index >= 15 is 0 Å². The molecule has 1 amide bonds. The van der Waals surface area contributed by atoms with Gasteiger partial charge in [0.05, 0.1) is 17.1 Å². The average molecular weight is 446 g/mol. The van der Waals surface area contributed by atoms with Crippen molar-refractivity contribution >= 4 is 21.6 Å². The summed E-state index contributed by atoms with van der Waals surface area (Å²) in [5, 5.41) is 2.58. The SMILES string of the molecule is O=C(CN(c1ccc(F)cc1)S(=O)(=O)c1ccccc1)NCCOc1ccc(F)cc1. The Balaban J connectivity index is 1.67. The minimum absolute atomic E-state index is 0.00627. The number of carbonyl (C=O) groups is 1. The van der Waals surface area contributed by atoms with Crippen molar-refractivity contribution in [3.63, 3.8) is 0 Å². The summed E-state index contributed by atoms with van der Waals surface area (Å²) in [6, 6.07) is 17.9. The third kappa shape index (κ3) is 6.02. The first-order chi connectivity index (χ1) is 14.9. The Morgan fingerprint density at radius 2 is 1.45 bits per heavy atom. The van der Waals surface area contributed by atoms with Crippen LogP contribution < -0.4 is 14.4 Å². The van der Waals surface area contributed by atoms with Crippen molar-refractivity contribution in [3.05, 3.63) is 90.5 Å². The molecule has 0 fully saturated rings. The molecular formula is C22H20F2N2O4S. The van der Waals surface area contributed by atoms with E-state index in [-0.39, 0.29) is 29.6 Å². The van der Waals surface area contributed by atoms with Crippen molar-refractivity contribution in [2.24, 2.45) is 0 Å². The number of rotatable bonds is 9. The van der Waals surface area contributed by atoms with Crippen LogP contribution in [0.4, 0.5) is 14.5 Å². The Morgan fingerprint density at radius 3 is 2.06 bits per heavy atom. The molecule has 6 nitrogen and oxygen atoms in total. The first-order valence-electron chi connectivity index (χ1n) is 9.35. The van der Waals surface area contributed by atoms with Crippen LogP contribution in [-0.4, -0.2) is 34.0 Å². The molecule has 0 heterocycles. The van der Waals surface area contributed by atoms with Gasteiger partial charge in [-0.1, -0.05) is 18.2 Å². The molecule has 1 N–H and O–H groups in total. The highest BCUT2D eigenvalue weighted by atomic mass is 32.2. The van der Waals surface area contributed by atoms with E-state index in [4.69, 9.17) is 4.74 Å². The number of sulfonamides is 1. The van der Waals surface area contributed by atoms with E-state index in [9.17, 15) is 22.0 Å². The quantitative estimate of drug-likeness (QED) is 0.512. The maximum Gasteiger partial charge on any atom is 0.264 e. The average Bonchev–Trinajstić information content (AvgIpc) is 2.77. The van der Waals surface area contributed by atoms with E-state index in [2.05, 4.69) is 5.32 Å². The van der Waals surface area contributed by atoms with E-state index in [1.54, 1.807) is 18.2 Å². The van der Waals surface area contributed by atoms with Gasteiger partial charge in [-0.3, -0.25) is 9.10 Å². The lowest BCUT2D eigenvalue weighted by atomic mass is 10.3. The van der Waals surface area contributed by atoms with Crippen LogP contribution in [-0.2, 0) is 14.8 Å². The molecular weight excluding hydrogens is 426 g/mol. The zero-order chi connectivity index (χ0) is 22.3. The Labute approximate surface area is 179 Å². The molecule has 9 heteroatoms. The van der Waals surface area contributed by atoms with Crippen molar-refractivity contribution < 1.29 is 26.7 Å². The minimum Gasteiger partial charge on any atom is -0.492 e. The number of nitrogens with zero attached hydrogens (tertiary/aromatic N) is 1. The zero-order valence-corrected chi connectivity index (χ0v) is 17.2. The van der Waals surface area contributed by atoms with Gasteiger partial charge in [-0.15, -0.1) is 0 Å². The van der Waals surface area contributed by atoms with Gasteiger partial charge in [-0.05, 0) is 60.7 Å². The topological polar surface area (TPSA) is 75.7 Å². The predicted octanol–water partition coefficient (Wildman–Crippen LogP) is 3.36. The van der Waals surface area contributed by atoms with Crippen LogP contribution >= 0.6 is 0 Å². The molecule has 3 aromatic carbocycles. The van der Waals surface area contributed by atoms with Crippen LogP contribution in [0.2, 0.25) is 0 Å². The molecule has 0 spiro atoms. The third-order valence-electron chi connectivity index (χ3n) is 4.24. The lowest BCUT2D eigenvalue weighted by Crippen LogP contribution is -2.41. The fourth-order valence-electron chi connectivity index (χ4n) is 2.72. The monoisotopic (exact) mass is 446 g/mol. The normalized spacial score (nSPS) is 11.0. The second-order valence-corrected chi connectivity index (χ2v) is 8.32. The van der Waals surface area contributed by atoms with Gasteiger partial charge in [-0.2, -0.15) is 0 Å². The number of anilines is 1. The maximum atomic E-state index is 13.3. The van der Waals surface area contributed by atoms with E-state index in [0.717, 1.165) is 16.4 Å². The summed E-state index contributed by atoms with van der Waals surface area (Å²) in [6.07, 6.45) is 0. The molecule has 0 radical (unpaired) electrons. The van der Waals surface area contributed by atoms with Crippen LogP contribution in [0.5, 0.6) is 5.75 Å². The summed E-state index contributed by atoms with van der Waals surface area (Å²) >= 11 is 0. The fourth-order valence-corrected chi connectivity index (χ4v) is 4.16. The highest BCUT2D eigenvalue weighted by Gasteiger charge is 2.27. The lowest BCUT2D eigenvalue weighted by molar-refractivity contribution is -0.119. The maximum absolute atomic E-state index is 13.3. The number of carbonyl (C=O) groups excluding carboxylic acids is 1. The van der Waals surface area contributed by atoms with Gasteiger partial charge in [0.25, 0.3) is 10.0 Å². The van der Waals surface area contributed by atoms with E-state index in [0.29, 0.717) is 5.75 Å². The van der Waals surface area contributed by atoms with Gasteiger partial charge < -0.3 is 10.1 Å². The first-order valence-corrected chi connectivity index (χ1v) is 10.8. The van der Waals surface area contributed by atoms with Gasteiger partial charge in [0.15, 0.2) is 0 Å². The molecule has 0 aliphatic carbocycles. The number of amides is 1. The van der Waals surface area contributed by atoms with Gasteiger partial charge in [-0.25, -0.2) is 17.2 Å². The van der Waals surface area contributed by atoms with Gasteiger partial charge in [0.1, 0.15) is 30.5 Å². The molecule has 0 aromatic heterocycles. The standard InChI is InChI=1S/C22H20F2N2O4S/c23-17-6-10-19(11-7-17)26(31(28,29)21-4-2-1-3-5-21)16-22(27)25-14-15-30-20-12-8-18(24)9-13-20/h1-13H,14-16H2,(H,25,27). The first kappa shape index (κ1) is 22.2. The molecule has 0 atom stereocenters. The van der Waals surface area contributed by atoms with E-state index in [1.165, 1.54) is 48.5 Å². The second-order valence-electron chi connectivity index (χ2n) is 6.45.